The topological polar surface area (TPSA) is 50.5 Å². The highest BCUT2D eigenvalue weighted by Gasteiger charge is 2.37. The van der Waals surface area contributed by atoms with Crippen LogP contribution in [0.4, 0.5) is 10.5 Å². The summed E-state index contributed by atoms with van der Waals surface area (Å²) in [6, 6.07) is 9.19. The Balaban J connectivity index is 1.98. The number of amides is 2. The molecular weight excluding hydrogens is 298 g/mol. The molecule has 4 nitrogen and oxygen atoms in total. The predicted octanol–water partition coefficient (Wildman–Crippen LogP) is 4.45. The van der Waals surface area contributed by atoms with Gasteiger partial charge in [-0.25, -0.2) is 4.90 Å². The fraction of sp³-hybridized carbons (Fsp3) is 0.176. The minimum Gasteiger partial charge on any atom is -0.462 e. The van der Waals surface area contributed by atoms with Crippen molar-refractivity contribution in [2.45, 2.75) is 20.8 Å². The van der Waals surface area contributed by atoms with Gasteiger partial charge in [-0.3, -0.25) is 9.59 Å². The van der Waals surface area contributed by atoms with Gasteiger partial charge in [0.05, 0.1) is 10.6 Å². The number of hydrogen-bond donors (Lipinski definition) is 0. The summed E-state index contributed by atoms with van der Waals surface area (Å²) in [4.78, 5) is 26.4. The van der Waals surface area contributed by atoms with Gasteiger partial charge in [-0.2, -0.15) is 0 Å². The molecule has 0 N–H and O–H groups in total. The second kappa shape index (κ2) is 5.50. The summed E-state index contributed by atoms with van der Waals surface area (Å²) in [5.74, 6) is 1.03. The van der Waals surface area contributed by atoms with E-state index in [0.29, 0.717) is 16.4 Å². The van der Waals surface area contributed by atoms with E-state index >= 15 is 0 Å². The van der Waals surface area contributed by atoms with Gasteiger partial charge in [0.2, 0.25) is 0 Å². The van der Waals surface area contributed by atoms with Crippen LogP contribution in [0.15, 0.2) is 39.7 Å². The van der Waals surface area contributed by atoms with Crippen molar-refractivity contribution in [1.29, 1.82) is 0 Å². The fourth-order valence-electron chi connectivity index (χ4n) is 2.31. The molecule has 0 saturated carbocycles. The molecule has 0 atom stereocenters. The van der Waals surface area contributed by atoms with E-state index in [2.05, 4.69) is 0 Å². The van der Waals surface area contributed by atoms with Crippen LogP contribution in [-0.2, 0) is 4.79 Å². The lowest BCUT2D eigenvalue weighted by atomic mass is 10.1. The zero-order valence-electron chi connectivity index (χ0n) is 12.5. The zero-order chi connectivity index (χ0) is 15.9. The molecule has 2 aromatic rings. The summed E-state index contributed by atoms with van der Waals surface area (Å²) in [6.07, 6.45) is 1.61. The molecule has 2 heterocycles. The van der Waals surface area contributed by atoms with Gasteiger partial charge in [-0.1, -0.05) is 12.1 Å². The van der Waals surface area contributed by atoms with Crippen molar-refractivity contribution >= 4 is 34.7 Å². The standard InChI is InChI=1S/C17H15NO3S/c1-10-5-4-6-14(12(10)3)18-16(19)15(22-17(18)20)9-13-8-7-11(2)21-13/h4-9H,1-3H3/b15-9+. The van der Waals surface area contributed by atoms with E-state index in [1.807, 2.05) is 39.0 Å². The molecule has 5 heteroatoms. The monoisotopic (exact) mass is 313 g/mol. The molecule has 1 saturated heterocycles. The summed E-state index contributed by atoms with van der Waals surface area (Å²) in [6.45, 7) is 5.70. The van der Waals surface area contributed by atoms with Crippen molar-refractivity contribution in [2.75, 3.05) is 4.90 Å². The van der Waals surface area contributed by atoms with Crippen molar-refractivity contribution in [3.8, 4) is 0 Å². The summed E-state index contributed by atoms with van der Waals surface area (Å²) < 4.78 is 5.44. The van der Waals surface area contributed by atoms with Gasteiger partial charge in [-0.15, -0.1) is 0 Å². The lowest BCUT2D eigenvalue weighted by molar-refractivity contribution is -0.113. The van der Waals surface area contributed by atoms with Crippen molar-refractivity contribution in [2.24, 2.45) is 0 Å². The molecule has 3 rings (SSSR count). The molecule has 1 aliphatic rings. The number of rotatable bonds is 2. The van der Waals surface area contributed by atoms with Gasteiger partial charge < -0.3 is 4.42 Å². The summed E-state index contributed by atoms with van der Waals surface area (Å²) >= 11 is 0.934. The predicted molar refractivity (Wildman–Crippen MR) is 87.8 cm³/mol. The summed E-state index contributed by atoms with van der Waals surface area (Å²) in [5.41, 5.74) is 2.61. The van der Waals surface area contributed by atoms with Crippen LogP contribution in [0.3, 0.4) is 0 Å². The van der Waals surface area contributed by atoms with E-state index in [1.165, 1.54) is 4.90 Å². The molecule has 1 fully saturated rings. The van der Waals surface area contributed by atoms with Crippen LogP contribution in [0.1, 0.15) is 22.6 Å². The first kappa shape index (κ1) is 14.7. The third-order valence-electron chi connectivity index (χ3n) is 3.65. The lowest BCUT2D eigenvalue weighted by Crippen LogP contribution is -2.28. The molecule has 0 aliphatic carbocycles. The Kier molecular flexibility index (Phi) is 3.66. The number of nitrogens with zero attached hydrogens (tertiary/aromatic N) is 1. The molecule has 1 aliphatic heterocycles. The summed E-state index contributed by atoms with van der Waals surface area (Å²) in [7, 11) is 0. The van der Waals surface area contributed by atoms with E-state index in [9.17, 15) is 9.59 Å². The first-order valence-corrected chi connectivity index (χ1v) is 7.69. The maximum absolute atomic E-state index is 12.6. The smallest absolute Gasteiger partial charge is 0.298 e. The van der Waals surface area contributed by atoms with Gasteiger partial charge in [0, 0.05) is 6.08 Å². The molecular formula is C17H15NO3S. The highest BCUT2D eigenvalue weighted by Crippen LogP contribution is 2.37. The van der Waals surface area contributed by atoms with Crippen LogP contribution in [0, 0.1) is 20.8 Å². The SMILES string of the molecule is Cc1ccc(/C=C2/SC(=O)N(c3cccc(C)c3C)C2=O)o1. The van der Waals surface area contributed by atoms with Gasteiger partial charge >= 0.3 is 0 Å². The molecule has 112 valence electrons. The van der Waals surface area contributed by atoms with Gasteiger partial charge in [0.25, 0.3) is 11.1 Å². The van der Waals surface area contributed by atoms with E-state index in [1.54, 1.807) is 18.2 Å². The third kappa shape index (κ3) is 2.48. The van der Waals surface area contributed by atoms with Crippen LogP contribution in [0.5, 0.6) is 0 Å². The van der Waals surface area contributed by atoms with Crippen LogP contribution in [0.25, 0.3) is 6.08 Å². The van der Waals surface area contributed by atoms with Crippen LogP contribution < -0.4 is 4.90 Å². The number of aryl methyl sites for hydroxylation is 2. The van der Waals surface area contributed by atoms with Crippen LogP contribution in [0.2, 0.25) is 0 Å². The Bertz CT molecular complexity index is 804. The Hall–Kier alpha value is -2.27. The molecule has 0 unspecified atom stereocenters. The third-order valence-corrected chi connectivity index (χ3v) is 4.51. The Morgan fingerprint density at radius 3 is 2.55 bits per heavy atom. The average Bonchev–Trinajstić information content (AvgIpc) is 2.99. The number of thioether (sulfide) groups is 1. The number of anilines is 1. The number of hydrogen-bond acceptors (Lipinski definition) is 4. The lowest BCUT2D eigenvalue weighted by Gasteiger charge is -2.16. The second-order valence-electron chi connectivity index (χ2n) is 5.18. The van der Waals surface area contributed by atoms with Crippen molar-refractivity contribution in [1.82, 2.24) is 0 Å². The van der Waals surface area contributed by atoms with Crippen molar-refractivity contribution in [3.63, 3.8) is 0 Å². The number of carbonyl (C=O) groups is 2. The Morgan fingerprint density at radius 1 is 1.09 bits per heavy atom. The first-order chi connectivity index (χ1) is 10.5. The first-order valence-electron chi connectivity index (χ1n) is 6.88. The van der Waals surface area contributed by atoms with E-state index in [4.69, 9.17) is 4.42 Å². The van der Waals surface area contributed by atoms with Crippen molar-refractivity contribution < 1.29 is 14.0 Å². The molecule has 1 aromatic carbocycles. The Morgan fingerprint density at radius 2 is 1.86 bits per heavy atom. The fourth-order valence-corrected chi connectivity index (χ4v) is 3.13. The highest BCUT2D eigenvalue weighted by molar-refractivity contribution is 8.19. The van der Waals surface area contributed by atoms with Gasteiger partial charge in [0.15, 0.2) is 0 Å². The minimum atomic E-state index is -0.308. The maximum atomic E-state index is 12.6. The van der Waals surface area contributed by atoms with E-state index < -0.39 is 0 Å². The Labute approximate surface area is 132 Å². The molecule has 22 heavy (non-hydrogen) atoms. The molecule has 1 aromatic heterocycles. The molecule has 2 amide bonds. The summed E-state index contributed by atoms with van der Waals surface area (Å²) in [5, 5.41) is -0.284. The highest BCUT2D eigenvalue weighted by atomic mass is 32.2. The second-order valence-corrected chi connectivity index (χ2v) is 6.18. The van der Waals surface area contributed by atoms with Crippen LogP contribution >= 0.6 is 11.8 Å². The number of furan rings is 1. The van der Waals surface area contributed by atoms with Crippen molar-refractivity contribution in [3.05, 3.63) is 57.9 Å². The zero-order valence-corrected chi connectivity index (χ0v) is 13.4. The number of carbonyl (C=O) groups excluding carboxylic acids is 2. The molecule has 0 bridgehead atoms. The van der Waals surface area contributed by atoms with Gasteiger partial charge in [-0.05, 0) is 61.9 Å². The quantitative estimate of drug-likeness (QED) is 0.769. The molecule has 0 radical (unpaired) electrons. The number of benzene rings is 1. The normalized spacial score (nSPS) is 16.9. The van der Waals surface area contributed by atoms with Crippen LogP contribution in [-0.4, -0.2) is 11.1 Å². The minimum absolute atomic E-state index is 0.284. The van der Waals surface area contributed by atoms with E-state index in [-0.39, 0.29) is 11.1 Å². The maximum Gasteiger partial charge on any atom is 0.298 e. The number of imide groups is 1. The largest absolute Gasteiger partial charge is 0.462 e. The van der Waals surface area contributed by atoms with Gasteiger partial charge in [0.1, 0.15) is 11.5 Å². The molecule has 0 spiro atoms. The average molecular weight is 313 g/mol. The van der Waals surface area contributed by atoms with E-state index in [0.717, 1.165) is 28.6 Å².